The maximum Gasteiger partial charge on any atom is 0.226 e. The third kappa shape index (κ3) is 4.00. The number of hydrogen-bond acceptors (Lipinski definition) is 3. The van der Waals surface area contributed by atoms with Crippen LogP contribution in [0.25, 0.3) is 0 Å². The van der Waals surface area contributed by atoms with Crippen LogP contribution in [-0.4, -0.2) is 24.0 Å². The highest BCUT2D eigenvalue weighted by Crippen LogP contribution is 1.99. The van der Waals surface area contributed by atoms with E-state index in [1.54, 1.807) is 12.3 Å². The summed E-state index contributed by atoms with van der Waals surface area (Å²) in [6.45, 7) is 3.60. The lowest BCUT2D eigenvalue weighted by Crippen LogP contribution is -2.21. The number of hydrogen-bond donors (Lipinski definition) is 2. The lowest BCUT2D eigenvalue weighted by Gasteiger charge is -2.03. The Labute approximate surface area is 83.7 Å². The first kappa shape index (κ1) is 10.7. The summed E-state index contributed by atoms with van der Waals surface area (Å²) in [7, 11) is 0. The second kappa shape index (κ2) is 6.10. The number of carbonyl (C=O) groups is 1. The fourth-order valence-electron chi connectivity index (χ4n) is 1.02. The molecule has 1 amide bonds. The van der Waals surface area contributed by atoms with E-state index in [4.69, 9.17) is 0 Å². The molecule has 2 N–H and O–H groups in total. The molecular weight excluding hydrogens is 178 g/mol. The molecule has 0 radical (unpaired) electrons. The highest BCUT2D eigenvalue weighted by molar-refractivity contribution is 5.89. The normalized spacial score (nSPS) is 9.79. The lowest BCUT2D eigenvalue weighted by molar-refractivity contribution is -0.116. The number of nitrogens with one attached hydrogen (secondary N) is 2. The van der Waals surface area contributed by atoms with Gasteiger partial charge >= 0.3 is 0 Å². The van der Waals surface area contributed by atoms with Gasteiger partial charge in [-0.25, -0.2) is 4.98 Å². The topological polar surface area (TPSA) is 54.0 Å². The Bertz CT molecular complexity index is 274. The van der Waals surface area contributed by atoms with Gasteiger partial charge in [0.25, 0.3) is 0 Å². The van der Waals surface area contributed by atoms with Crippen LogP contribution in [0.4, 0.5) is 5.82 Å². The molecule has 0 unspecified atom stereocenters. The zero-order valence-corrected chi connectivity index (χ0v) is 8.29. The van der Waals surface area contributed by atoms with Crippen LogP contribution in [0.3, 0.4) is 0 Å². The van der Waals surface area contributed by atoms with Crippen molar-refractivity contribution >= 4 is 11.7 Å². The Morgan fingerprint density at radius 1 is 1.50 bits per heavy atom. The first-order chi connectivity index (χ1) is 6.83. The minimum atomic E-state index is -0.00958. The van der Waals surface area contributed by atoms with Crippen molar-refractivity contribution in [2.45, 2.75) is 13.3 Å². The van der Waals surface area contributed by atoms with Crippen molar-refractivity contribution < 1.29 is 4.79 Å². The largest absolute Gasteiger partial charge is 0.316 e. The molecular formula is C10H15N3O. The Morgan fingerprint density at radius 2 is 2.36 bits per heavy atom. The molecule has 4 heteroatoms. The van der Waals surface area contributed by atoms with Gasteiger partial charge in [-0.2, -0.15) is 0 Å². The van der Waals surface area contributed by atoms with Crippen LogP contribution in [0.1, 0.15) is 13.3 Å². The number of rotatable bonds is 5. The highest BCUT2D eigenvalue weighted by atomic mass is 16.1. The number of aromatic nitrogens is 1. The van der Waals surface area contributed by atoms with Gasteiger partial charge in [-0.3, -0.25) is 4.79 Å². The van der Waals surface area contributed by atoms with Crippen molar-refractivity contribution in [1.29, 1.82) is 0 Å². The molecule has 0 bridgehead atoms. The zero-order valence-electron chi connectivity index (χ0n) is 8.29. The molecule has 1 rings (SSSR count). The third-order valence-electron chi connectivity index (χ3n) is 1.71. The van der Waals surface area contributed by atoms with Gasteiger partial charge in [0.2, 0.25) is 5.91 Å². The molecule has 0 aliphatic carbocycles. The Hall–Kier alpha value is -1.42. The van der Waals surface area contributed by atoms with Crippen LogP contribution >= 0.6 is 0 Å². The number of amides is 1. The van der Waals surface area contributed by atoms with Crippen molar-refractivity contribution in [2.75, 3.05) is 18.4 Å². The summed E-state index contributed by atoms with van der Waals surface area (Å²) in [4.78, 5) is 15.3. The summed E-state index contributed by atoms with van der Waals surface area (Å²) in [5, 5.41) is 5.79. The van der Waals surface area contributed by atoms with E-state index in [1.807, 2.05) is 19.1 Å². The van der Waals surface area contributed by atoms with E-state index in [1.165, 1.54) is 0 Å². The minimum Gasteiger partial charge on any atom is -0.316 e. The quantitative estimate of drug-likeness (QED) is 0.686. The molecule has 4 nitrogen and oxygen atoms in total. The van der Waals surface area contributed by atoms with Gasteiger partial charge in [0.15, 0.2) is 0 Å². The van der Waals surface area contributed by atoms with Crippen LogP contribution in [0.5, 0.6) is 0 Å². The average molecular weight is 193 g/mol. The van der Waals surface area contributed by atoms with Crippen LogP contribution in [-0.2, 0) is 4.79 Å². The van der Waals surface area contributed by atoms with E-state index >= 15 is 0 Å². The summed E-state index contributed by atoms with van der Waals surface area (Å²) < 4.78 is 0. The fraction of sp³-hybridized carbons (Fsp3) is 0.400. The van der Waals surface area contributed by atoms with Crippen LogP contribution in [0.2, 0.25) is 0 Å². The van der Waals surface area contributed by atoms with Crippen molar-refractivity contribution in [3.8, 4) is 0 Å². The number of nitrogens with zero attached hydrogens (tertiary/aromatic N) is 1. The molecule has 1 aromatic rings. The minimum absolute atomic E-state index is 0.00958. The summed E-state index contributed by atoms with van der Waals surface area (Å²) >= 11 is 0. The second-order valence-electron chi connectivity index (χ2n) is 2.87. The number of pyridine rings is 1. The van der Waals surface area contributed by atoms with Crippen molar-refractivity contribution in [3.63, 3.8) is 0 Å². The summed E-state index contributed by atoms with van der Waals surface area (Å²) in [6, 6.07) is 5.42. The SMILES string of the molecule is CCNCCC(=O)Nc1ccccn1. The molecule has 0 aliphatic heterocycles. The molecule has 1 heterocycles. The van der Waals surface area contributed by atoms with Gasteiger partial charge in [-0.05, 0) is 18.7 Å². The van der Waals surface area contributed by atoms with E-state index in [-0.39, 0.29) is 5.91 Å². The van der Waals surface area contributed by atoms with Gasteiger partial charge < -0.3 is 10.6 Å². The molecule has 0 fully saturated rings. The Kier molecular flexibility index (Phi) is 4.64. The van der Waals surface area contributed by atoms with Gasteiger partial charge in [0.1, 0.15) is 5.82 Å². The summed E-state index contributed by atoms with van der Waals surface area (Å²) in [6.07, 6.45) is 2.13. The van der Waals surface area contributed by atoms with E-state index in [9.17, 15) is 4.79 Å². The monoisotopic (exact) mass is 193 g/mol. The highest BCUT2D eigenvalue weighted by Gasteiger charge is 2.00. The first-order valence-electron chi connectivity index (χ1n) is 4.74. The van der Waals surface area contributed by atoms with Gasteiger partial charge in [-0.1, -0.05) is 13.0 Å². The molecule has 0 saturated carbocycles. The average Bonchev–Trinajstić information content (AvgIpc) is 2.20. The fourth-order valence-corrected chi connectivity index (χ4v) is 1.02. The maximum absolute atomic E-state index is 11.3. The van der Waals surface area contributed by atoms with Gasteiger partial charge in [0, 0.05) is 19.2 Å². The molecule has 0 saturated heterocycles. The molecule has 76 valence electrons. The molecule has 0 atom stereocenters. The first-order valence-corrected chi connectivity index (χ1v) is 4.74. The molecule has 1 aromatic heterocycles. The molecule has 0 aromatic carbocycles. The van der Waals surface area contributed by atoms with E-state index in [2.05, 4.69) is 15.6 Å². The van der Waals surface area contributed by atoms with Crippen LogP contribution in [0, 0.1) is 0 Å². The summed E-state index contributed by atoms with van der Waals surface area (Å²) in [5.41, 5.74) is 0. The third-order valence-corrected chi connectivity index (χ3v) is 1.71. The predicted molar refractivity (Wildman–Crippen MR) is 56.0 cm³/mol. The smallest absolute Gasteiger partial charge is 0.226 e. The zero-order chi connectivity index (χ0) is 10.2. The van der Waals surface area contributed by atoms with E-state index < -0.39 is 0 Å². The summed E-state index contributed by atoms with van der Waals surface area (Å²) in [5.74, 6) is 0.596. The second-order valence-corrected chi connectivity index (χ2v) is 2.87. The Morgan fingerprint density at radius 3 is 3.00 bits per heavy atom. The Balaban J connectivity index is 2.27. The standard InChI is InChI=1S/C10H15N3O/c1-2-11-8-6-10(14)13-9-5-3-4-7-12-9/h3-5,7,11H,2,6,8H2,1H3,(H,12,13,14). The van der Waals surface area contributed by atoms with Crippen LogP contribution in [0.15, 0.2) is 24.4 Å². The van der Waals surface area contributed by atoms with E-state index in [0.717, 1.165) is 6.54 Å². The van der Waals surface area contributed by atoms with Crippen LogP contribution < -0.4 is 10.6 Å². The van der Waals surface area contributed by atoms with Gasteiger partial charge in [-0.15, -0.1) is 0 Å². The lowest BCUT2D eigenvalue weighted by atomic mass is 10.4. The predicted octanol–water partition coefficient (Wildman–Crippen LogP) is 1.02. The molecule has 0 spiro atoms. The maximum atomic E-state index is 11.3. The number of anilines is 1. The van der Waals surface area contributed by atoms with Crippen molar-refractivity contribution in [2.24, 2.45) is 0 Å². The van der Waals surface area contributed by atoms with E-state index in [0.29, 0.717) is 18.8 Å². The van der Waals surface area contributed by atoms with Crippen molar-refractivity contribution in [1.82, 2.24) is 10.3 Å². The molecule has 14 heavy (non-hydrogen) atoms. The molecule has 0 aliphatic rings. The van der Waals surface area contributed by atoms with Crippen molar-refractivity contribution in [3.05, 3.63) is 24.4 Å². The van der Waals surface area contributed by atoms with Gasteiger partial charge in [0.05, 0.1) is 0 Å². The number of carbonyl (C=O) groups excluding carboxylic acids is 1.